The van der Waals surface area contributed by atoms with Crippen molar-refractivity contribution >= 4 is 16.0 Å². The van der Waals surface area contributed by atoms with Gasteiger partial charge in [0.05, 0.1) is 12.7 Å². The molecule has 1 saturated heterocycles. The second-order valence-corrected chi connectivity index (χ2v) is 7.04. The molecular formula is C13H18F3N3O5S. The van der Waals surface area contributed by atoms with Crippen LogP contribution in [-0.2, 0) is 14.8 Å². The van der Waals surface area contributed by atoms with E-state index in [1.807, 2.05) is 4.72 Å². The number of rotatable bonds is 6. The van der Waals surface area contributed by atoms with Crippen molar-refractivity contribution in [3.63, 3.8) is 0 Å². The maximum Gasteiger partial charge on any atom is 0.405 e. The van der Waals surface area contributed by atoms with E-state index in [0.29, 0.717) is 13.1 Å². The Bertz CT molecular complexity index is 698. The molecule has 1 atom stereocenters. The number of furan rings is 1. The van der Waals surface area contributed by atoms with E-state index in [-0.39, 0.29) is 18.7 Å². The standard InChI is InChI=1S/C13H18F3N3O5S/c1-23-12(20)9-6-11(24-8-9)25(21,22)18-7-10(13(14,15)16)19-4-2-17-3-5-19/h6,8,10,17-18H,2-5,7H2,1H3. The van der Waals surface area contributed by atoms with Crippen molar-refractivity contribution in [1.29, 1.82) is 0 Å². The van der Waals surface area contributed by atoms with Crippen LogP contribution in [0.5, 0.6) is 0 Å². The van der Waals surface area contributed by atoms with Crippen LogP contribution in [0.4, 0.5) is 13.2 Å². The molecule has 2 heterocycles. The monoisotopic (exact) mass is 385 g/mol. The average Bonchev–Trinajstić information content (AvgIpc) is 3.05. The van der Waals surface area contributed by atoms with Crippen LogP contribution in [0.2, 0.25) is 0 Å². The van der Waals surface area contributed by atoms with Gasteiger partial charge in [-0.15, -0.1) is 0 Å². The Labute approximate surface area is 142 Å². The molecule has 1 aromatic rings. The van der Waals surface area contributed by atoms with Crippen molar-refractivity contribution < 1.29 is 35.5 Å². The van der Waals surface area contributed by atoms with Crippen molar-refractivity contribution in [2.75, 3.05) is 39.8 Å². The summed E-state index contributed by atoms with van der Waals surface area (Å²) in [6, 6.07) is -1.07. The maximum absolute atomic E-state index is 13.3. The van der Waals surface area contributed by atoms with Gasteiger partial charge in [-0.25, -0.2) is 17.9 Å². The topological polar surface area (TPSA) is 101 Å². The molecule has 0 radical (unpaired) electrons. The highest BCUT2D eigenvalue weighted by Gasteiger charge is 2.44. The van der Waals surface area contributed by atoms with E-state index >= 15 is 0 Å². The van der Waals surface area contributed by atoms with E-state index in [4.69, 9.17) is 4.42 Å². The van der Waals surface area contributed by atoms with Crippen LogP contribution < -0.4 is 10.0 Å². The quantitative estimate of drug-likeness (QED) is 0.674. The van der Waals surface area contributed by atoms with Gasteiger partial charge in [-0.05, 0) is 0 Å². The predicted octanol–water partition coefficient (Wildman–Crippen LogP) is 0.181. The molecule has 0 aromatic carbocycles. The molecule has 12 heteroatoms. The second-order valence-electron chi connectivity index (χ2n) is 5.34. The van der Waals surface area contributed by atoms with Gasteiger partial charge in [0.2, 0.25) is 5.09 Å². The minimum Gasteiger partial charge on any atom is -0.465 e. The van der Waals surface area contributed by atoms with Crippen molar-refractivity contribution in [3.8, 4) is 0 Å². The first-order chi connectivity index (χ1) is 11.6. The molecule has 0 bridgehead atoms. The number of nitrogens with one attached hydrogen (secondary N) is 2. The Kier molecular flexibility index (Phi) is 6.08. The molecule has 8 nitrogen and oxygen atoms in total. The predicted molar refractivity (Wildman–Crippen MR) is 79.5 cm³/mol. The van der Waals surface area contributed by atoms with Crippen LogP contribution >= 0.6 is 0 Å². The summed E-state index contributed by atoms with van der Waals surface area (Å²) in [5.41, 5.74) is -0.155. The second kappa shape index (κ2) is 7.72. The normalized spacial score (nSPS) is 18.1. The fourth-order valence-electron chi connectivity index (χ4n) is 2.39. The smallest absolute Gasteiger partial charge is 0.405 e. The molecule has 25 heavy (non-hydrogen) atoms. The minimum absolute atomic E-state index is 0.152. The van der Waals surface area contributed by atoms with Gasteiger partial charge in [0.1, 0.15) is 12.3 Å². The van der Waals surface area contributed by atoms with Gasteiger partial charge in [-0.2, -0.15) is 13.2 Å². The minimum atomic E-state index is -4.60. The summed E-state index contributed by atoms with van der Waals surface area (Å²) in [4.78, 5) is 12.5. The first-order valence-corrected chi connectivity index (χ1v) is 8.81. The Morgan fingerprint density at radius 3 is 2.64 bits per heavy atom. The van der Waals surface area contributed by atoms with Gasteiger partial charge in [0.25, 0.3) is 10.0 Å². The Morgan fingerprint density at radius 2 is 2.08 bits per heavy atom. The first kappa shape index (κ1) is 19.7. The number of carbonyl (C=O) groups excluding carboxylic acids is 1. The third-order valence-corrected chi connectivity index (χ3v) is 4.99. The number of hydrogen-bond acceptors (Lipinski definition) is 7. The summed E-state index contributed by atoms with van der Waals surface area (Å²) in [7, 11) is -3.24. The van der Waals surface area contributed by atoms with Crippen molar-refractivity contribution in [1.82, 2.24) is 14.9 Å². The number of hydrogen-bond donors (Lipinski definition) is 2. The van der Waals surface area contributed by atoms with E-state index in [1.54, 1.807) is 0 Å². The summed E-state index contributed by atoms with van der Waals surface area (Å²) in [6.07, 6.45) is -3.74. The molecular weight excluding hydrogens is 367 g/mol. The van der Waals surface area contributed by atoms with E-state index in [2.05, 4.69) is 10.1 Å². The lowest BCUT2D eigenvalue weighted by molar-refractivity contribution is -0.182. The zero-order chi connectivity index (χ0) is 18.7. The van der Waals surface area contributed by atoms with Gasteiger partial charge < -0.3 is 14.5 Å². The fraction of sp³-hybridized carbons (Fsp3) is 0.615. The van der Waals surface area contributed by atoms with Gasteiger partial charge in [-0.1, -0.05) is 0 Å². The number of ether oxygens (including phenoxy) is 1. The number of carbonyl (C=O) groups is 1. The maximum atomic E-state index is 13.3. The van der Waals surface area contributed by atoms with Crippen LogP contribution in [0.15, 0.2) is 21.8 Å². The highest BCUT2D eigenvalue weighted by Crippen LogP contribution is 2.25. The zero-order valence-electron chi connectivity index (χ0n) is 13.3. The molecule has 1 aliphatic rings. The van der Waals surface area contributed by atoms with Gasteiger partial charge in [-0.3, -0.25) is 4.90 Å². The summed E-state index contributed by atoms with van der Waals surface area (Å²) < 4.78 is 75.1. The van der Waals surface area contributed by atoms with Crippen molar-refractivity contribution in [3.05, 3.63) is 17.9 Å². The Morgan fingerprint density at radius 1 is 1.44 bits per heavy atom. The number of halogens is 3. The van der Waals surface area contributed by atoms with Crippen molar-refractivity contribution in [2.24, 2.45) is 0 Å². The fourth-order valence-corrected chi connectivity index (χ4v) is 3.36. The summed E-state index contributed by atoms with van der Waals surface area (Å²) in [5.74, 6) is -0.820. The average molecular weight is 385 g/mol. The van der Waals surface area contributed by atoms with E-state index in [9.17, 15) is 26.4 Å². The van der Waals surface area contributed by atoms with Crippen molar-refractivity contribution in [2.45, 2.75) is 17.3 Å². The molecule has 0 saturated carbocycles. The number of piperazine rings is 1. The molecule has 1 aromatic heterocycles. The summed E-state index contributed by atoms with van der Waals surface area (Å²) >= 11 is 0. The highest BCUT2D eigenvalue weighted by atomic mass is 32.2. The number of nitrogens with zero attached hydrogens (tertiary/aromatic N) is 1. The zero-order valence-corrected chi connectivity index (χ0v) is 14.1. The van der Waals surface area contributed by atoms with E-state index in [1.165, 1.54) is 4.90 Å². The van der Waals surface area contributed by atoms with Crippen LogP contribution in [0.3, 0.4) is 0 Å². The third-order valence-electron chi connectivity index (χ3n) is 3.70. The lowest BCUT2D eigenvalue weighted by Crippen LogP contribution is -2.57. The van der Waals surface area contributed by atoms with Gasteiger partial charge >= 0.3 is 12.1 Å². The number of alkyl halides is 3. The third kappa shape index (κ3) is 4.93. The molecule has 1 fully saturated rings. The number of methoxy groups -OCH3 is 1. The molecule has 142 valence electrons. The summed E-state index contributed by atoms with van der Waals surface area (Å²) in [5, 5.41) is 2.27. The van der Waals surface area contributed by atoms with Crippen LogP contribution in [0.25, 0.3) is 0 Å². The van der Waals surface area contributed by atoms with E-state index < -0.39 is 39.8 Å². The van der Waals surface area contributed by atoms with Crippen LogP contribution in [0.1, 0.15) is 10.4 Å². The first-order valence-electron chi connectivity index (χ1n) is 7.33. The Hall–Kier alpha value is -1.63. The van der Waals surface area contributed by atoms with Gasteiger partial charge in [0, 0.05) is 38.8 Å². The molecule has 1 unspecified atom stereocenters. The molecule has 2 N–H and O–H groups in total. The molecule has 0 amide bonds. The van der Waals surface area contributed by atoms with E-state index in [0.717, 1.165) is 19.4 Å². The Balaban J connectivity index is 2.10. The number of esters is 1. The number of sulfonamides is 1. The van der Waals surface area contributed by atoms with Crippen LogP contribution in [-0.4, -0.2) is 71.3 Å². The molecule has 1 aliphatic heterocycles. The van der Waals surface area contributed by atoms with Crippen LogP contribution in [0, 0.1) is 0 Å². The SMILES string of the molecule is COC(=O)c1coc(S(=O)(=O)NCC(N2CCNCC2)C(F)(F)F)c1. The van der Waals surface area contributed by atoms with Gasteiger partial charge in [0.15, 0.2) is 0 Å². The lowest BCUT2D eigenvalue weighted by atomic mass is 10.2. The molecule has 0 spiro atoms. The lowest BCUT2D eigenvalue weighted by Gasteiger charge is -2.35. The molecule has 2 rings (SSSR count). The molecule has 0 aliphatic carbocycles. The highest BCUT2D eigenvalue weighted by molar-refractivity contribution is 7.89. The largest absolute Gasteiger partial charge is 0.465 e. The summed E-state index contributed by atoms with van der Waals surface area (Å²) in [6.45, 7) is 0.221.